The van der Waals surface area contributed by atoms with Gasteiger partial charge in [-0.25, -0.2) is 10.0 Å². The molecule has 158 valence electrons. The summed E-state index contributed by atoms with van der Waals surface area (Å²) in [6, 6.07) is 9.29. The summed E-state index contributed by atoms with van der Waals surface area (Å²) in [4.78, 5) is 37.3. The molecule has 0 spiro atoms. The molecule has 0 bridgehead atoms. The first kappa shape index (κ1) is 21.6. The van der Waals surface area contributed by atoms with Crippen LogP contribution in [0.1, 0.15) is 23.2 Å². The van der Waals surface area contributed by atoms with Gasteiger partial charge in [0.1, 0.15) is 5.15 Å². The van der Waals surface area contributed by atoms with Gasteiger partial charge in [0, 0.05) is 31.8 Å². The predicted octanol–water partition coefficient (Wildman–Crippen LogP) is 1.73. The number of carbonyl (C=O) groups is 3. The number of hydrogen-bond acceptors (Lipinski definition) is 4. The van der Waals surface area contributed by atoms with E-state index < -0.39 is 0 Å². The van der Waals surface area contributed by atoms with Gasteiger partial charge in [-0.1, -0.05) is 41.9 Å². The fourth-order valence-electron chi connectivity index (χ4n) is 3.29. The van der Waals surface area contributed by atoms with Gasteiger partial charge in [-0.3, -0.25) is 19.1 Å². The number of halogens is 1. The normalized spacial score (nSPS) is 13.8. The quantitative estimate of drug-likeness (QED) is 0.708. The van der Waals surface area contributed by atoms with E-state index >= 15 is 0 Å². The van der Waals surface area contributed by atoms with Gasteiger partial charge >= 0.3 is 0 Å². The summed E-state index contributed by atoms with van der Waals surface area (Å²) in [5.41, 5.74) is 2.25. The summed E-state index contributed by atoms with van der Waals surface area (Å²) >= 11 is 6.18. The summed E-state index contributed by atoms with van der Waals surface area (Å²) in [5, 5.41) is 10.0. The van der Waals surface area contributed by atoms with Crippen LogP contribution in [-0.2, 0) is 27.9 Å². The number of carbonyl (C=O) groups excluding carboxylic acids is 3. The van der Waals surface area contributed by atoms with Crippen molar-refractivity contribution < 1.29 is 14.4 Å². The van der Waals surface area contributed by atoms with E-state index in [0.29, 0.717) is 35.9 Å². The average molecular weight is 430 g/mol. The van der Waals surface area contributed by atoms with Gasteiger partial charge in [0.25, 0.3) is 11.8 Å². The van der Waals surface area contributed by atoms with Gasteiger partial charge in [-0.2, -0.15) is 5.10 Å². The summed E-state index contributed by atoms with van der Waals surface area (Å²) < 4.78 is 1.53. The topological polar surface area (TPSA) is 87.5 Å². The highest BCUT2D eigenvalue weighted by Crippen LogP contribution is 2.20. The number of benzene rings is 1. The highest BCUT2D eigenvalue weighted by molar-refractivity contribution is 6.31. The molecule has 1 aromatic carbocycles. The Labute approximate surface area is 180 Å². The maximum absolute atomic E-state index is 12.6. The third-order valence-corrected chi connectivity index (χ3v) is 5.25. The lowest BCUT2D eigenvalue weighted by atomic mass is 10.1. The number of aryl methyl sites for hydroxylation is 2. The Bertz CT molecular complexity index is 971. The monoisotopic (exact) mass is 429 g/mol. The minimum Gasteiger partial charge on any atom is -0.347 e. The fourth-order valence-corrected chi connectivity index (χ4v) is 3.52. The minimum atomic E-state index is -0.328. The lowest BCUT2D eigenvalue weighted by Crippen LogP contribution is -2.48. The summed E-state index contributed by atoms with van der Waals surface area (Å²) in [6.45, 7) is 2.51. The second-order valence-electron chi connectivity index (χ2n) is 7.02. The van der Waals surface area contributed by atoms with Crippen molar-refractivity contribution in [2.75, 3.05) is 19.6 Å². The van der Waals surface area contributed by atoms with Crippen LogP contribution in [0.5, 0.6) is 0 Å². The van der Waals surface area contributed by atoms with Crippen molar-refractivity contribution in [3.05, 3.63) is 58.4 Å². The zero-order valence-corrected chi connectivity index (χ0v) is 17.7. The Balaban J connectivity index is 1.56. The molecule has 0 unspecified atom stereocenters. The Morgan fingerprint density at radius 2 is 1.87 bits per heavy atom. The molecular weight excluding hydrogens is 406 g/mol. The van der Waals surface area contributed by atoms with Gasteiger partial charge < -0.3 is 5.32 Å². The van der Waals surface area contributed by atoms with Gasteiger partial charge in [0.05, 0.1) is 18.7 Å². The number of aromatic nitrogens is 2. The van der Waals surface area contributed by atoms with E-state index in [0.717, 1.165) is 5.56 Å². The highest BCUT2D eigenvalue weighted by atomic mass is 35.5. The summed E-state index contributed by atoms with van der Waals surface area (Å²) in [5.74, 6) is -0.893. The molecule has 3 rings (SSSR count). The Kier molecular flexibility index (Phi) is 6.89. The zero-order valence-electron chi connectivity index (χ0n) is 17.0. The van der Waals surface area contributed by atoms with Crippen molar-refractivity contribution in [3.8, 4) is 0 Å². The first-order valence-corrected chi connectivity index (χ1v) is 10.0. The molecule has 0 atom stereocenters. The van der Waals surface area contributed by atoms with Gasteiger partial charge in [-0.05, 0) is 25.0 Å². The maximum Gasteiger partial charge on any atom is 0.265 e. The van der Waals surface area contributed by atoms with Crippen molar-refractivity contribution in [3.63, 3.8) is 0 Å². The van der Waals surface area contributed by atoms with E-state index in [1.807, 2.05) is 30.3 Å². The Morgan fingerprint density at radius 1 is 1.17 bits per heavy atom. The van der Waals surface area contributed by atoms with Crippen LogP contribution in [0.15, 0.2) is 36.4 Å². The van der Waals surface area contributed by atoms with Crippen molar-refractivity contribution in [1.29, 1.82) is 0 Å². The van der Waals surface area contributed by atoms with E-state index in [1.54, 1.807) is 20.0 Å². The van der Waals surface area contributed by atoms with E-state index in [2.05, 4.69) is 10.4 Å². The fraction of sp³-hybridized carbons (Fsp3) is 0.333. The maximum atomic E-state index is 12.6. The molecule has 3 amide bonds. The van der Waals surface area contributed by atoms with E-state index in [1.165, 1.54) is 20.8 Å². The lowest BCUT2D eigenvalue weighted by molar-refractivity contribution is -0.154. The van der Waals surface area contributed by atoms with Crippen LogP contribution in [0.3, 0.4) is 0 Å². The Morgan fingerprint density at radius 3 is 2.53 bits per heavy atom. The van der Waals surface area contributed by atoms with Gasteiger partial charge in [0.15, 0.2) is 0 Å². The van der Waals surface area contributed by atoms with Crippen LogP contribution in [-0.4, -0.2) is 57.2 Å². The highest BCUT2D eigenvalue weighted by Gasteiger charge is 2.29. The molecule has 1 N–H and O–H groups in total. The molecule has 0 aliphatic carbocycles. The first-order valence-electron chi connectivity index (χ1n) is 9.66. The molecule has 1 aromatic heterocycles. The van der Waals surface area contributed by atoms with Crippen molar-refractivity contribution in [2.24, 2.45) is 7.05 Å². The molecule has 0 radical (unpaired) electrons. The van der Waals surface area contributed by atoms with Crippen LogP contribution < -0.4 is 5.32 Å². The Hall–Kier alpha value is -3.13. The number of rotatable bonds is 6. The molecule has 0 saturated carbocycles. The molecule has 2 heterocycles. The number of hydrogen-bond donors (Lipinski definition) is 1. The minimum absolute atomic E-state index is 0.160. The zero-order chi connectivity index (χ0) is 21.7. The third kappa shape index (κ3) is 5.07. The van der Waals surface area contributed by atoms with E-state index in [9.17, 15) is 14.4 Å². The molecule has 1 saturated heterocycles. The van der Waals surface area contributed by atoms with Crippen molar-refractivity contribution >= 4 is 35.4 Å². The van der Waals surface area contributed by atoms with Crippen LogP contribution in [0.2, 0.25) is 5.15 Å². The SMILES string of the molecule is Cc1nn(C)c(Cl)c1C=CC(=O)N1CCCN1C(=O)CNC(=O)Cc1ccccc1. The molecule has 1 aliphatic heterocycles. The van der Waals surface area contributed by atoms with Gasteiger partial charge in [0.2, 0.25) is 5.91 Å². The second-order valence-corrected chi connectivity index (χ2v) is 7.38. The molecule has 1 fully saturated rings. The number of nitrogens with one attached hydrogen (secondary N) is 1. The number of amides is 3. The largest absolute Gasteiger partial charge is 0.347 e. The number of hydrazine groups is 1. The smallest absolute Gasteiger partial charge is 0.265 e. The molecule has 1 aliphatic rings. The van der Waals surface area contributed by atoms with Crippen LogP contribution in [0.4, 0.5) is 0 Å². The predicted molar refractivity (Wildman–Crippen MR) is 113 cm³/mol. The molecule has 8 nitrogen and oxygen atoms in total. The first-order chi connectivity index (χ1) is 14.4. The molecule has 30 heavy (non-hydrogen) atoms. The third-order valence-electron chi connectivity index (χ3n) is 4.81. The molecule has 9 heteroatoms. The average Bonchev–Trinajstić information content (AvgIpc) is 3.31. The van der Waals surface area contributed by atoms with Crippen LogP contribution in [0.25, 0.3) is 6.08 Å². The lowest BCUT2D eigenvalue weighted by Gasteiger charge is -2.27. The molecular formula is C21H24ClN5O3. The molecule has 2 aromatic rings. The summed E-state index contributed by atoms with van der Waals surface area (Å²) in [6.07, 6.45) is 3.87. The standard InChI is InChI=1S/C21H24ClN5O3/c1-15-17(21(22)25(2)24-15)9-10-19(29)26-11-6-12-27(26)20(30)14-23-18(28)13-16-7-4-3-5-8-16/h3-5,7-10H,6,11-14H2,1-2H3,(H,23,28). The number of nitrogens with zero attached hydrogens (tertiary/aromatic N) is 4. The van der Waals surface area contributed by atoms with Crippen LogP contribution in [0, 0.1) is 6.92 Å². The van der Waals surface area contributed by atoms with E-state index in [-0.39, 0.29) is 30.7 Å². The summed E-state index contributed by atoms with van der Waals surface area (Å²) in [7, 11) is 1.72. The van der Waals surface area contributed by atoms with Crippen LogP contribution >= 0.6 is 11.6 Å². The second kappa shape index (κ2) is 9.58. The van der Waals surface area contributed by atoms with Gasteiger partial charge in [-0.15, -0.1) is 0 Å². The van der Waals surface area contributed by atoms with Crippen molar-refractivity contribution in [1.82, 2.24) is 25.1 Å². The van der Waals surface area contributed by atoms with E-state index in [4.69, 9.17) is 11.6 Å². The van der Waals surface area contributed by atoms with Crippen molar-refractivity contribution in [2.45, 2.75) is 19.8 Å².